The highest BCUT2D eigenvalue weighted by Gasteiger charge is 2.26. The van der Waals surface area contributed by atoms with Gasteiger partial charge in [0.1, 0.15) is 5.82 Å². The Morgan fingerprint density at radius 2 is 1.47 bits per heavy atom. The van der Waals surface area contributed by atoms with E-state index in [1.165, 1.54) is 16.7 Å². The summed E-state index contributed by atoms with van der Waals surface area (Å²) in [4.78, 5) is 27.3. The average molecular weight is 477 g/mol. The zero-order valence-corrected chi connectivity index (χ0v) is 21.2. The third-order valence-electron chi connectivity index (χ3n) is 6.98. The lowest BCUT2D eigenvalue weighted by molar-refractivity contribution is 0.0746. The molecule has 0 aliphatic carbocycles. The highest BCUT2D eigenvalue weighted by molar-refractivity contribution is 5.94. The lowest BCUT2D eigenvalue weighted by Crippen LogP contribution is -2.49. The number of piperazine rings is 1. The maximum absolute atomic E-state index is 13.0. The molecule has 0 spiro atoms. The summed E-state index contributed by atoms with van der Waals surface area (Å²) in [5.74, 6) is 1.82. The predicted molar refractivity (Wildman–Crippen MR) is 145 cm³/mol. The molecule has 1 fully saturated rings. The number of amides is 1. The van der Waals surface area contributed by atoms with E-state index >= 15 is 0 Å². The molecular weight excluding hydrogens is 444 g/mol. The molecule has 1 aliphatic heterocycles. The molecule has 182 valence electrons. The van der Waals surface area contributed by atoms with Crippen molar-refractivity contribution >= 4 is 11.7 Å². The minimum absolute atomic E-state index is 0.0923. The van der Waals surface area contributed by atoms with Crippen molar-refractivity contribution in [2.75, 3.05) is 31.1 Å². The first-order valence-corrected chi connectivity index (χ1v) is 12.6. The van der Waals surface area contributed by atoms with Crippen LogP contribution < -0.4 is 4.90 Å². The molecule has 0 atom stereocenters. The Balaban J connectivity index is 1.47. The van der Waals surface area contributed by atoms with E-state index in [-0.39, 0.29) is 5.91 Å². The van der Waals surface area contributed by atoms with Gasteiger partial charge in [-0.2, -0.15) is 0 Å². The highest BCUT2D eigenvalue weighted by Crippen LogP contribution is 2.29. The quantitative estimate of drug-likeness (QED) is 0.375. The largest absolute Gasteiger partial charge is 0.353 e. The first-order valence-electron chi connectivity index (χ1n) is 12.6. The van der Waals surface area contributed by atoms with E-state index in [1.807, 2.05) is 53.4 Å². The van der Waals surface area contributed by atoms with Crippen LogP contribution in [0.15, 0.2) is 78.9 Å². The standard InChI is InChI=1S/C31H32N4O/c1-22-14-15-23(2)27(20-22)21-28-24(3)32-29(25-10-6-4-7-11-25)33-30(28)34-16-18-35(19-17-34)31(36)26-12-8-5-9-13-26/h4-15,20H,16-19,21H2,1-3H3. The van der Waals surface area contributed by atoms with E-state index in [0.717, 1.165) is 53.5 Å². The van der Waals surface area contributed by atoms with Crippen LogP contribution in [0.1, 0.15) is 38.3 Å². The van der Waals surface area contributed by atoms with Gasteiger partial charge in [-0.1, -0.05) is 72.3 Å². The molecule has 5 nitrogen and oxygen atoms in total. The van der Waals surface area contributed by atoms with Crippen LogP contribution in [0.4, 0.5) is 5.82 Å². The van der Waals surface area contributed by atoms with Crippen LogP contribution in [0.2, 0.25) is 0 Å². The van der Waals surface area contributed by atoms with Gasteiger partial charge in [-0.05, 0) is 44.0 Å². The van der Waals surface area contributed by atoms with Gasteiger partial charge in [-0.3, -0.25) is 4.79 Å². The third kappa shape index (κ3) is 5.01. The van der Waals surface area contributed by atoms with Gasteiger partial charge in [0.2, 0.25) is 0 Å². The van der Waals surface area contributed by atoms with Crippen LogP contribution >= 0.6 is 0 Å². The van der Waals surface area contributed by atoms with E-state index in [1.54, 1.807) is 0 Å². The molecule has 0 radical (unpaired) electrons. The predicted octanol–water partition coefficient (Wildman–Crippen LogP) is 5.62. The van der Waals surface area contributed by atoms with Crippen molar-refractivity contribution in [2.24, 2.45) is 0 Å². The molecule has 1 amide bonds. The van der Waals surface area contributed by atoms with Gasteiger partial charge in [-0.25, -0.2) is 9.97 Å². The number of nitrogens with zero attached hydrogens (tertiary/aromatic N) is 4. The molecule has 3 aromatic carbocycles. The molecule has 1 aliphatic rings. The van der Waals surface area contributed by atoms with Crippen LogP contribution in [-0.4, -0.2) is 47.0 Å². The van der Waals surface area contributed by atoms with E-state index < -0.39 is 0 Å². The number of anilines is 1. The Labute approximate surface area is 213 Å². The zero-order chi connectivity index (χ0) is 25.1. The van der Waals surface area contributed by atoms with Crippen LogP contribution in [0, 0.1) is 20.8 Å². The van der Waals surface area contributed by atoms with Gasteiger partial charge in [0.25, 0.3) is 5.91 Å². The van der Waals surface area contributed by atoms with E-state index in [4.69, 9.17) is 9.97 Å². The molecular formula is C31H32N4O. The van der Waals surface area contributed by atoms with Crippen molar-refractivity contribution in [3.05, 3.63) is 112 Å². The van der Waals surface area contributed by atoms with E-state index in [2.05, 4.69) is 56.0 Å². The third-order valence-corrected chi connectivity index (χ3v) is 6.98. The summed E-state index contributed by atoms with van der Waals surface area (Å²) >= 11 is 0. The van der Waals surface area contributed by atoms with E-state index in [0.29, 0.717) is 13.1 Å². The summed E-state index contributed by atoms with van der Waals surface area (Å²) in [5.41, 5.74) is 7.74. The fourth-order valence-electron chi connectivity index (χ4n) is 4.83. The van der Waals surface area contributed by atoms with Crippen LogP contribution in [0.5, 0.6) is 0 Å². The molecule has 1 saturated heterocycles. The minimum Gasteiger partial charge on any atom is -0.353 e. The number of carbonyl (C=O) groups excluding carboxylic acids is 1. The number of rotatable bonds is 5. The number of aryl methyl sites for hydroxylation is 3. The maximum atomic E-state index is 13.0. The Morgan fingerprint density at radius 1 is 0.806 bits per heavy atom. The first kappa shape index (κ1) is 23.7. The van der Waals surface area contributed by atoms with E-state index in [9.17, 15) is 4.79 Å². The molecule has 0 unspecified atom stereocenters. The number of carbonyl (C=O) groups is 1. The summed E-state index contributed by atoms with van der Waals surface area (Å²) in [7, 11) is 0. The van der Waals surface area contributed by atoms with Crippen molar-refractivity contribution in [3.8, 4) is 11.4 Å². The number of aromatic nitrogens is 2. The summed E-state index contributed by atoms with van der Waals surface area (Å²) in [6.45, 7) is 9.20. The molecule has 1 aromatic heterocycles. The molecule has 2 heterocycles. The first-order chi connectivity index (χ1) is 17.5. The number of hydrogen-bond donors (Lipinski definition) is 0. The van der Waals surface area contributed by atoms with Gasteiger partial charge in [0.05, 0.1) is 0 Å². The Morgan fingerprint density at radius 3 is 2.17 bits per heavy atom. The fourth-order valence-corrected chi connectivity index (χ4v) is 4.83. The number of hydrogen-bond acceptors (Lipinski definition) is 4. The summed E-state index contributed by atoms with van der Waals surface area (Å²) in [6, 6.07) is 26.3. The monoisotopic (exact) mass is 476 g/mol. The molecule has 0 saturated carbocycles. The van der Waals surface area contributed by atoms with Crippen LogP contribution in [0.3, 0.4) is 0 Å². The van der Waals surface area contributed by atoms with Gasteiger partial charge in [0, 0.05) is 55.0 Å². The lowest BCUT2D eigenvalue weighted by Gasteiger charge is -2.36. The lowest BCUT2D eigenvalue weighted by atomic mass is 9.97. The second-order valence-corrected chi connectivity index (χ2v) is 9.55. The molecule has 4 aromatic rings. The van der Waals surface area contributed by atoms with Crippen LogP contribution in [-0.2, 0) is 6.42 Å². The van der Waals surface area contributed by atoms with Crippen molar-refractivity contribution in [1.29, 1.82) is 0 Å². The normalized spacial score (nSPS) is 13.6. The van der Waals surface area contributed by atoms with Crippen molar-refractivity contribution in [2.45, 2.75) is 27.2 Å². The second-order valence-electron chi connectivity index (χ2n) is 9.55. The van der Waals surface area contributed by atoms with Gasteiger partial charge in [-0.15, -0.1) is 0 Å². The van der Waals surface area contributed by atoms with Crippen LogP contribution in [0.25, 0.3) is 11.4 Å². The van der Waals surface area contributed by atoms with Crippen molar-refractivity contribution < 1.29 is 4.79 Å². The number of benzene rings is 3. The fraction of sp³-hybridized carbons (Fsp3) is 0.258. The topological polar surface area (TPSA) is 49.3 Å². The van der Waals surface area contributed by atoms with Gasteiger partial charge < -0.3 is 9.80 Å². The Hall–Kier alpha value is -3.99. The van der Waals surface area contributed by atoms with Gasteiger partial charge >= 0.3 is 0 Å². The highest BCUT2D eigenvalue weighted by atomic mass is 16.2. The molecule has 0 bridgehead atoms. The summed E-state index contributed by atoms with van der Waals surface area (Å²) in [5, 5.41) is 0. The second kappa shape index (κ2) is 10.3. The van der Waals surface area contributed by atoms with Gasteiger partial charge in [0.15, 0.2) is 5.82 Å². The van der Waals surface area contributed by atoms with Crippen molar-refractivity contribution in [3.63, 3.8) is 0 Å². The average Bonchev–Trinajstić information content (AvgIpc) is 2.92. The summed E-state index contributed by atoms with van der Waals surface area (Å²) < 4.78 is 0. The molecule has 5 rings (SSSR count). The molecule has 5 heteroatoms. The minimum atomic E-state index is 0.0923. The zero-order valence-electron chi connectivity index (χ0n) is 21.2. The molecule has 36 heavy (non-hydrogen) atoms. The SMILES string of the molecule is Cc1ccc(C)c(Cc2c(C)nc(-c3ccccc3)nc2N2CCN(C(=O)c3ccccc3)CC2)c1. The smallest absolute Gasteiger partial charge is 0.253 e. The molecule has 0 N–H and O–H groups in total. The summed E-state index contributed by atoms with van der Waals surface area (Å²) in [6.07, 6.45) is 0.785. The maximum Gasteiger partial charge on any atom is 0.253 e. The Kier molecular flexibility index (Phi) is 6.81. The Bertz CT molecular complexity index is 1360. The van der Waals surface area contributed by atoms with Crippen molar-refractivity contribution in [1.82, 2.24) is 14.9 Å².